The molecule has 4 nitrogen and oxygen atoms in total. The number of carbonyl (C=O) groups is 1. The molecule has 1 aliphatic heterocycles. The minimum Gasteiger partial charge on any atom is -0.371 e. The van der Waals surface area contributed by atoms with E-state index in [4.69, 9.17) is 5.73 Å². The zero-order chi connectivity index (χ0) is 15.1. The largest absolute Gasteiger partial charge is 0.371 e. The third kappa shape index (κ3) is 4.74. The summed E-state index contributed by atoms with van der Waals surface area (Å²) in [5.74, 6) is 0.0813. The maximum Gasteiger partial charge on any atom is 0.221 e. The molecule has 116 valence electrons. The number of nitrogens with two attached hydrogens (primary N) is 1. The second kappa shape index (κ2) is 8.03. The van der Waals surface area contributed by atoms with Gasteiger partial charge in [0.05, 0.1) is 0 Å². The van der Waals surface area contributed by atoms with Gasteiger partial charge in [-0.15, -0.1) is 0 Å². The van der Waals surface area contributed by atoms with Crippen LogP contribution in [0.4, 0.5) is 5.69 Å². The van der Waals surface area contributed by atoms with Gasteiger partial charge in [-0.2, -0.15) is 0 Å². The molecule has 0 saturated heterocycles. The fourth-order valence-electron chi connectivity index (χ4n) is 2.92. The van der Waals surface area contributed by atoms with Crippen molar-refractivity contribution in [3.8, 4) is 0 Å². The topological polar surface area (TPSA) is 58.4 Å². The molecule has 1 aromatic rings. The molecule has 21 heavy (non-hydrogen) atoms. The Labute approximate surface area is 127 Å². The van der Waals surface area contributed by atoms with Gasteiger partial charge in [-0.05, 0) is 30.9 Å². The average Bonchev–Trinajstić information content (AvgIpc) is 2.87. The van der Waals surface area contributed by atoms with Gasteiger partial charge >= 0.3 is 0 Å². The molecule has 0 aliphatic carbocycles. The number of para-hydroxylation sites is 1. The van der Waals surface area contributed by atoms with Gasteiger partial charge in [0.1, 0.15) is 0 Å². The Morgan fingerprint density at radius 3 is 3.05 bits per heavy atom. The minimum absolute atomic E-state index is 0.000425. The van der Waals surface area contributed by atoms with Crippen LogP contribution in [0.25, 0.3) is 0 Å². The predicted octanol–water partition coefficient (Wildman–Crippen LogP) is 2.07. The van der Waals surface area contributed by atoms with Crippen molar-refractivity contribution in [2.45, 2.75) is 45.1 Å². The quantitative estimate of drug-likeness (QED) is 0.720. The number of carbonyl (C=O) groups excluding carboxylic acids is 1. The normalized spacial score (nSPS) is 14.9. The van der Waals surface area contributed by atoms with Crippen LogP contribution in [0.3, 0.4) is 0 Å². The third-order valence-electron chi connectivity index (χ3n) is 4.02. The van der Waals surface area contributed by atoms with Gasteiger partial charge in [-0.25, -0.2) is 0 Å². The van der Waals surface area contributed by atoms with Gasteiger partial charge in [0.15, 0.2) is 0 Å². The Kier molecular flexibility index (Phi) is 6.05. The van der Waals surface area contributed by atoms with E-state index >= 15 is 0 Å². The number of hydrogen-bond acceptors (Lipinski definition) is 3. The van der Waals surface area contributed by atoms with Gasteiger partial charge in [-0.1, -0.05) is 31.5 Å². The van der Waals surface area contributed by atoms with Crippen LogP contribution in [0.15, 0.2) is 24.3 Å². The van der Waals surface area contributed by atoms with Gasteiger partial charge < -0.3 is 16.0 Å². The van der Waals surface area contributed by atoms with Crippen molar-refractivity contribution in [2.24, 2.45) is 5.73 Å². The minimum atomic E-state index is 0.000425. The maximum absolute atomic E-state index is 11.7. The molecule has 0 bridgehead atoms. The van der Waals surface area contributed by atoms with E-state index in [1.54, 1.807) is 0 Å². The molecule has 1 unspecified atom stereocenters. The number of benzene rings is 1. The van der Waals surface area contributed by atoms with Crippen molar-refractivity contribution >= 4 is 11.6 Å². The lowest BCUT2D eigenvalue weighted by Crippen LogP contribution is -2.33. The summed E-state index contributed by atoms with van der Waals surface area (Å²) in [4.78, 5) is 14.1. The molecule has 0 saturated carbocycles. The Balaban J connectivity index is 1.64. The van der Waals surface area contributed by atoms with E-state index in [0.29, 0.717) is 6.42 Å². The highest BCUT2D eigenvalue weighted by atomic mass is 16.1. The zero-order valence-corrected chi connectivity index (χ0v) is 13.0. The molecule has 0 radical (unpaired) electrons. The summed E-state index contributed by atoms with van der Waals surface area (Å²) in [5, 5.41) is 2.97. The fraction of sp³-hybridized carbons (Fsp3) is 0.588. The first-order chi connectivity index (χ1) is 10.2. The second-order valence-electron chi connectivity index (χ2n) is 5.82. The highest BCUT2D eigenvalue weighted by Crippen LogP contribution is 2.27. The lowest BCUT2D eigenvalue weighted by atomic mass is 10.1. The van der Waals surface area contributed by atoms with Crippen LogP contribution >= 0.6 is 0 Å². The van der Waals surface area contributed by atoms with Crippen LogP contribution in [-0.4, -0.2) is 31.6 Å². The number of nitrogens with zero attached hydrogens (tertiary/aromatic N) is 1. The highest BCUT2D eigenvalue weighted by Gasteiger charge is 2.17. The van der Waals surface area contributed by atoms with E-state index in [1.165, 1.54) is 11.3 Å². The zero-order valence-electron chi connectivity index (χ0n) is 13.0. The Morgan fingerprint density at radius 1 is 1.43 bits per heavy atom. The van der Waals surface area contributed by atoms with E-state index in [0.717, 1.165) is 45.3 Å². The SMILES string of the molecule is CCCC(N)CC(=O)NCCCN1CCc2ccccc21. The summed E-state index contributed by atoms with van der Waals surface area (Å²) in [5.41, 5.74) is 8.67. The van der Waals surface area contributed by atoms with Gasteiger partial charge in [0.25, 0.3) is 0 Å². The van der Waals surface area contributed by atoms with Crippen molar-refractivity contribution < 1.29 is 4.79 Å². The lowest BCUT2D eigenvalue weighted by Gasteiger charge is -2.19. The number of amides is 1. The molecular formula is C17H27N3O. The number of rotatable bonds is 8. The first kappa shape index (κ1) is 15.8. The molecular weight excluding hydrogens is 262 g/mol. The first-order valence-electron chi connectivity index (χ1n) is 8.06. The van der Waals surface area contributed by atoms with Crippen LogP contribution in [0.2, 0.25) is 0 Å². The summed E-state index contributed by atoms with van der Waals surface area (Å²) in [6.07, 6.45) is 4.50. The molecule has 3 N–H and O–H groups in total. The maximum atomic E-state index is 11.7. The Bertz CT molecular complexity index is 461. The summed E-state index contributed by atoms with van der Waals surface area (Å²) in [6.45, 7) is 4.91. The molecule has 2 rings (SSSR count). The number of fused-ring (bicyclic) bond motifs is 1. The smallest absolute Gasteiger partial charge is 0.221 e. The third-order valence-corrected chi connectivity index (χ3v) is 4.02. The predicted molar refractivity (Wildman–Crippen MR) is 87.5 cm³/mol. The van der Waals surface area contributed by atoms with Crippen LogP contribution in [-0.2, 0) is 11.2 Å². The fourth-order valence-corrected chi connectivity index (χ4v) is 2.92. The van der Waals surface area contributed by atoms with E-state index < -0.39 is 0 Å². The van der Waals surface area contributed by atoms with Crippen molar-refractivity contribution in [2.75, 3.05) is 24.5 Å². The average molecular weight is 289 g/mol. The second-order valence-corrected chi connectivity index (χ2v) is 5.82. The summed E-state index contributed by atoms with van der Waals surface area (Å²) in [7, 11) is 0. The molecule has 4 heteroatoms. The van der Waals surface area contributed by atoms with Crippen LogP contribution < -0.4 is 16.0 Å². The van der Waals surface area contributed by atoms with E-state index in [2.05, 4.69) is 41.4 Å². The molecule has 1 amide bonds. The molecule has 1 aliphatic rings. The molecule has 1 atom stereocenters. The molecule has 0 aromatic heterocycles. The van der Waals surface area contributed by atoms with E-state index in [-0.39, 0.29) is 11.9 Å². The van der Waals surface area contributed by atoms with Gasteiger partial charge in [0.2, 0.25) is 5.91 Å². The summed E-state index contributed by atoms with van der Waals surface area (Å²) >= 11 is 0. The molecule has 0 spiro atoms. The van der Waals surface area contributed by atoms with E-state index in [1.807, 2.05) is 0 Å². The standard InChI is InChI=1S/C17H27N3O/c1-2-6-15(18)13-17(21)19-10-5-11-20-12-9-14-7-3-4-8-16(14)20/h3-4,7-8,15H,2,5-6,9-13,18H2,1H3,(H,19,21). The highest BCUT2D eigenvalue weighted by molar-refractivity contribution is 5.76. The van der Waals surface area contributed by atoms with Crippen LogP contribution in [0, 0.1) is 0 Å². The first-order valence-corrected chi connectivity index (χ1v) is 8.06. The molecule has 1 aromatic carbocycles. The van der Waals surface area contributed by atoms with Gasteiger partial charge in [0, 0.05) is 37.8 Å². The monoisotopic (exact) mass is 289 g/mol. The number of anilines is 1. The number of nitrogens with one attached hydrogen (secondary N) is 1. The summed E-state index contributed by atoms with van der Waals surface area (Å²) in [6, 6.07) is 8.58. The van der Waals surface area contributed by atoms with Crippen molar-refractivity contribution in [3.63, 3.8) is 0 Å². The van der Waals surface area contributed by atoms with Crippen molar-refractivity contribution in [1.82, 2.24) is 5.32 Å². The van der Waals surface area contributed by atoms with Crippen molar-refractivity contribution in [3.05, 3.63) is 29.8 Å². The Morgan fingerprint density at radius 2 is 2.24 bits per heavy atom. The van der Waals surface area contributed by atoms with Crippen LogP contribution in [0.1, 0.15) is 38.2 Å². The molecule has 0 fully saturated rings. The Hall–Kier alpha value is -1.55. The van der Waals surface area contributed by atoms with Gasteiger partial charge in [-0.3, -0.25) is 4.79 Å². The van der Waals surface area contributed by atoms with E-state index in [9.17, 15) is 4.79 Å². The van der Waals surface area contributed by atoms with Crippen LogP contribution in [0.5, 0.6) is 0 Å². The number of hydrogen-bond donors (Lipinski definition) is 2. The van der Waals surface area contributed by atoms with Crippen molar-refractivity contribution in [1.29, 1.82) is 0 Å². The lowest BCUT2D eigenvalue weighted by molar-refractivity contribution is -0.121. The molecule has 1 heterocycles. The summed E-state index contributed by atoms with van der Waals surface area (Å²) < 4.78 is 0.